The maximum absolute atomic E-state index is 2.59. The lowest BCUT2D eigenvalue weighted by atomic mass is 9.34. The van der Waals surface area contributed by atoms with Crippen LogP contribution in [0, 0.1) is 0 Å². The lowest BCUT2D eigenvalue weighted by molar-refractivity contribution is 1.61. The van der Waals surface area contributed by atoms with Crippen LogP contribution in [0.2, 0.25) is 0 Å². The molecule has 4 heterocycles. The van der Waals surface area contributed by atoms with Gasteiger partial charge in [-0.05, 0) is 158 Å². The zero-order valence-electron chi connectivity index (χ0n) is 35.9. The highest BCUT2D eigenvalue weighted by Gasteiger charge is 2.44. The van der Waals surface area contributed by atoms with E-state index < -0.39 is 0 Å². The first-order chi connectivity index (χ1) is 32.7. The van der Waals surface area contributed by atoms with Crippen molar-refractivity contribution in [3.05, 3.63) is 218 Å². The molecule has 12 aromatic carbocycles. The van der Waals surface area contributed by atoms with Crippen molar-refractivity contribution in [2.45, 2.75) is 0 Å². The Bertz CT molecular complexity index is 3810. The third kappa shape index (κ3) is 4.56. The lowest BCUT2D eigenvalue weighted by Crippen LogP contribution is -2.52. The summed E-state index contributed by atoms with van der Waals surface area (Å²) in [6, 6.07) is 83.2. The fraction of sp³-hybridized carbons (Fsp3) is 0. The highest BCUT2D eigenvalue weighted by atomic mass is 14.3. The van der Waals surface area contributed by atoms with E-state index in [4.69, 9.17) is 0 Å². The number of benzene rings is 12. The average molecular weight is 827 g/mol. The molecule has 0 aromatic heterocycles. The second-order valence-electron chi connectivity index (χ2n) is 19.0. The predicted molar refractivity (Wildman–Crippen MR) is 283 cm³/mol. The van der Waals surface area contributed by atoms with Gasteiger partial charge in [-0.25, -0.2) is 0 Å². The summed E-state index contributed by atoms with van der Waals surface area (Å²) in [6.07, 6.45) is 0. The van der Waals surface area contributed by atoms with Gasteiger partial charge in [0.1, 0.15) is 0 Å². The Morgan fingerprint density at radius 3 is 0.909 bits per heavy atom. The minimum Gasteiger partial charge on any atom is -0.0657 e. The Labute approximate surface area is 384 Å². The lowest BCUT2D eigenvalue weighted by Gasteiger charge is -2.31. The number of hydrogen-bond acceptors (Lipinski definition) is 0. The molecule has 0 radical (unpaired) electrons. The second-order valence-corrected chi connectivity index (χ2v) is 19.0. The van der Waals surface area contributed by atoms with Crippen LogP contribution in [0.4, 0.5) is 0 Å². The third-order valence-corrected chi connectivity index (χ3v) is 15.8. The normalized spacial score (nSPS) is 13.1. The molecule has 0 amide bonds. The Morgan fingerprint density at radius 1 is 0.197 bits per heavy atom. The van der Waals surface area contributed by atoms with Gasteiger partial charge in [0, 0.05) is 0 Å². The van der Waals surface area contributed by atoms with Crippen LogP contribution < -0.4 is 32.8 Å². The summed E-state index contributed by atoms with van der Waals surface area (Å²) >= 11 is 0. The first-order valence-electron chi connectivity index (χ1n) is 23.4. The van der Waals surface area contributed by atoms with Crippen LogP contribution in [0.15, 0.2) is 218 Å². The summed E-state index contributed by atoms with van der Waals surface area (Å²) in [5.41, 5.74) is 29.5. The number of hydrogen-bond donors (Lipinski definition) is 0. The van der Waals surface area contributed by atoms with Crippen LogP contribution in [0.1, 0.15) is 0 Å². The standard InChI is InChI=1S/C64H36B2/c1-5-13-37(14-6-1)41-23-27-55-49(29-41)53-33-45(39-17-9-3-10-18-39)31-51-47-25-21-44-36-58-62-48(26-22-43-35-57(65(55)63(51)53)61(47)59(44)60(43)62)52-32-46(40-19-11-4-12-20-40)34-54-50-30-42(38-15-7-2-8-16-38)24-28-56(50)66(58)64(52)54/h1-36H. The maximum atomic E-state index is 2.59. The smallest absolute Gasteiger partial charge is 0.0657 e. The molecule has 0 N–H and O–H groups in total. The molecule has 0 unspecified atom stereocenters. The minimum atomic E-state index is 0.144. The van der Waals surface area contributed by atoms with Crippen molar-refractivity contribution in [3.8, 4) is 89.0 Å². The summed E-state index contributed by atoms with van der Waals surface area (Å²) < 4.78 is 0. The number of fused-ring (bicyclic) bond motifs is 10. The zero-order valence-corrected chi connectivity index (χ0v) is 35.9. The fourth-order valence-corrected chi connectivity index (χ4v) is 13.1. The monoisotopic (exact) mass is 826 g/mol. The molecule has 0 spiro atoms. The van der Waals surface area contributed by atoms with Gasteiger partial charge in [-0.1, -0.05) is 215 Å². The van der Waals surface area contributed by atoms with Crippen LogP contribution in [-0.2, 0) is 0 Å². The van der Waals surface area contributed by atoms with Crippen molar-refractivity contribution in [2.75, 3.05) is 0 Å². The van der Waals surface area contributed by atoms with Gasteiger partial charge in [0.15, 0.2) is 0 Å². The summed E-state index contributed by atoms with van der Waals surface area (Å²) in [6.45, 7) is 0.288. The minimum absolute atomic E-state index is 0.144. The average Bonchev–Trinajstić information content (AvgIpc) is 3.90. The summed E-state index contributed by atoms with van der Waals surface area (Å²) in [4.78, 5) is 0. The van der Waals surface area contributed by atoms with Gasteiger partial charge >= 0.3 is 0 Å². The molecule has 2 heteroatoms. The van der Waals surface area contributed by atoms with E-state index in [9.17, 15) is 0 Å². The Balaban J connectivity index is 0.995. The highest BCUT2D eigenvalue weighted by Crippen LogP contribution is 2.48. The van der Waals surface area contributed by atoms with Crippen molar-refractivity contribution in [2.24, 2.45) is 0 Å². The summed E-state index contributed by atoms with van der Waals surface area (Å²) in [5.74, 6) is 0. The van der Waals surface area contributed by atoms with Crippen LogP contribution in [-0.4, -0.2) is 13.4 Å². The molecule has 4 aliphatic heterocycles. The van der Waals surface area contributed by atoms with Crippen molar-refractivity contribution >= 4 is 78.5 Å². The molecule has 298 valence electrons. The Hall–Kier alpha value is -8.19. The molecule has 12 aromatic rings. The molecule has 0 atom stereocenters. The zero-order chi connectivity index (χ0) is 42.8. The van der Waals surface area contributed by atoms with Gasteiger partial charge in [0.25, 0.3) is 0 Å². The molecule has 0 aliphatic carbocycles. The van der Waals surface area contributed by atoms with Gasteiger partial charge in [-0.15, -0.1) is 0 Å². The summed E-state index contributed by atoms with van der Waals surface area (Å²) in [5, 5.41) is 8.32. The second kappa shape index (κ2) is 12.7. The van der Waals surface area contributed by atoms with Gasteiger partial charge in [0.05, 0.1) is 0 Å². The van der Waals surface area contributed by atoms with E-state index in [2.05, 4.69) is 218 Å². The van der Waals surface area contributed by atoms with E-state index in [-0.39, 0.29) is 13.4 Å². The maximum Gasteiger partial charge on any atom is 0.244 e. The molecule has 66 heavy (non-hydrogen) atoms. The van der Waals surface area contributed by atoms with E-state index in [1.165, 1.54) is 154 Å². The van der Waals surface area contributed by atoms with Crippen LogP contribution in [0.25, 0.3) is 121 Å². The highest BCUT2D eigenvalue weighted by molar-refractivity contribution is 7.03. The molecule has 0 bridgehead atoms. The largest absolute Gasteiger partial charge is 0.244 e. The molecule has 0 nitrogen and oxygen atoms in total. The van der Waals surface area contributed by atoms with Crippen LogP contribution in [0.3, 0.4) is 0 Å². The van der Waals surface area contributed by atoms with Gasteiger partial charge in [0.2, 0.25) is 13.4 Å². The SMILES string of the molecule is c1ccc(-c2ccc3c(c2)-c2cc(-c4ccccc4)cc4c2B3c2cc3ccc5c6c(cc7ccc-4c2c7c36)B2c3ccc(-c4ccccc4)cc3-c3cc(-c4ccccc4)cc-5c32)cc1. The van der Waals surface area contributed by atoms with E-state index in [0.29, 0.717) is 0 Å². The Morgan fingerprint density at radius 2 is 0.530 bits per heavy atom. The van der Waals surface area contributed by atoms with Crippen molar-refractivity contribution < 1.29 is 0 Å². The molecular formula is C64H36B2. The molecule has 0 saturated heterocycles. The first kappa shape index (κ1) is 35.2. The third-order valence-electron chi connectivity index (χ3n) is 15.8. The van der Waals surface area contributed by atoms with E-state index in [1.807, 2.05) is 0 Å². The van der Waals surface area contributed by atoms with E-state index >= 15 is 0 Å². The molecule has 4 aliphatic rings. The topological polar surface area (TPSA) is 0 Å². The van der Waals surface area contributed by atoms with Crippen molar-refractivity contribution in [1.29, 1.82) is 0 Å². The molecule has 0 saturated carbocycles. The van der Waals surface area contributed by atoms with E-state index in [0.717, 1.165) is 0 Å². The predicted octanol–water partition coefficient (Wildman–Crippen LogP) is 12.2. The number of rotatable bonds is 4. The van der Waals surface area contributed by atoms with E-state index in [1.54, 1.807) is 0 Å². The fourth-order valence-electron chi connectivity index (χ4n) is 13.1. The summed E-state index contributed by atoms with van der Waals surface area (Å²) in [7, 11) is 0. The molecule has 0 fully saturated rings. The molecular weight excluding hydrogens is 790 g/mol. The van der Waals surface area contributed by atoms with Crippen molar-refractivity contribution in [1.82, 2.24) is 0 Å². The van der Waals surface area contributed by atoms with Gasteiger partial charge in [-0.2, -0.15) is 0 Å². The van der Waals surface area contributed by atoms with Crippen LogP contribution in [0.5, 0.6) is 0 Å². The van der Waals surface area contributed by atoms with Gasteiger partial charge < -0.3 is 0 Å². The van der Waals surface area contributed by atoms with Crippen LogP contribution >= 0.6 is 0 Å². The Kier molecular flexibility index (Phi) is 6.80. The molecule has 16 rings (SSSR count). The quantitative estimate of drug-likeness (QED) is 0.122. The van der Waals surface area contributed by atoms with Crippen molar-refractivity contribution in [3.63, 3.8) is 0 Å². The first-order valence-corrected chi connectivity index (χ1v) is 23.4. The van der Waals surface area contributed by atoms with Gasteiger partial charge in [-0.3, -0.25) is 0 Å².